The summed E-state index contributed by atoms with van der Waals surface area (Å²) in [5.41, 5.74) is -1.44. The van der Waals surface area contributed by atoms with Crippen molar-refractivity contribution in [1.82, 2.24) is 4.40 Å². The molecule has 130 valence electrons. The van der Waals surface area contributed by atoms with E-state index in [0.717, 1.165) is 16.5 Å². The maximum Gasteiger partial charge on any atom is 0.573 e. The Kier molecular flexibility index (Phi) is 3.86. The van der Waals surface area contributed by atoms with Crippen LogP contribution in [0.3, 0.4) is 0 Å². The molecule has 0 bridgehead atoms. The number of benzene rings is 1. The van der Waals surface area contributed by atoms with Gasteiger partial charge in [-0.1, -0.05) is 6.07 Å². The van der Waals surface area contributed by atoms with E-state index >= 15 is 0 Å². The third kappa shape index (κ3) is 3.00. The van der Waals surface area contributed by atoms with Crippen molar-refractivity contribution in [3.8, 4) is 22.8 Å². The maximum absolute atomic E-state index is 14.2. The highest BCUT2D eigenvalue weighted by atomic mass is 19.4. The standard InChI is InChI=1S/C16H10F4N2O3/c1-21-12-4-2-3-7-22(12)15(24)13(14(21)23)10-8-9(5-6-11(10)17)25-16(18,19)20/h2-8H,1H3/p+1. The molecule has 0 unspecified atom stereocenters. The fraction of sp³-hybridized carbons (Fsp3) is 0.125. The van der Waals surface area contributed by atoms with Crippen LogP contribution in [-0.4, -0.2) is 15.9 Å². The van der Waals surface area contributed by atoms with Crippen LogP contribution in [0, 0.1) is 5.82 Å². The number of aromatic hydroxyl groups is 1. The van der Waals surface area contributed by atoms with Gasteiger partial charge in [0.2, 0.25) is 0 Å². The van der Waals surface area contributed by atoms with Crippen LogP contribution in [0.2, 0.25) is 0 Å². The van der Waals surface area contributed by atoms with Crippen molar-refractivity contribution >= 4 is 5.65 Å². The Bertz CT molecular complexity index is 1030. The van der Waals surface area contributed by atoms with Crippen LogP contribution in [0.15, 0.2) is 47.4 Å². The number of fused-ring (bicyclic) bond motifs is 1. The number of rotatable bonds is 2. The molecule has 9 heteroatoms. The molecule has 3 aromatic rings. The number of aromatic nitrogens is 2. The number of hydrogen-bond acceptors (Lipinski definition) is 3. The lowest BCUT2D eigenvalue weighted by molar-refractivity contribution is -0.654. The van der Waals surface area contributed by atoms with Gasteiger partial charge in [0.15, 0.2) is 5.56 Å². The zero-order chi connectivity index (χ0) is 18.4. The van der Waals surface area contributed by atoms with Gasteiger partial charge in [0.1, 0.15) is 11.6 Å². The molecule has 0 saturated carbocycles. The summed E-state index contributed by atoms with van der Waals surface area (Å²) in [6, 6.07) is 6.96. The van der Waals surface area contributed by atoms with E-state index in [2.05, 4.69) is 4.74 Å². The average Bonchev–Trinajstić information content (AvgIpc) is 2.54. The third-order valence-corrected chi connectivity index (χ3v) is 3.60. The highest BCUT2D eigenvalue weighted by Crippen LogP contribution is 2.31. The van der Waals surface area contributed by atoms with Gasteiger partial charge in [-0.25, -0.2) is 9.18 Å². The molecule has 0 spiro atoms. The number of hydrogen-bond donors (Lipinski definition) is 1. The minimum Gasteiger partial charge on any atom is -0.477 e. The second-order valence-corrected chi connectivity index (χ2v) is 5.18. The average molecular weight is 355 g/mol. The van der Waals surface area contributed by atoms with Crippen LogP contribution >= 0.6 is 0 Å². The Morgan fingerprint density at radius 2 is 1.92 bits per heavy atom. The molecule has 0 amide bonds. The molecular weight excluding hydrogens is 344 g/mol. The van der Waals surface area contributed by atoms with E-state index in [9.17, 15) is 27.5 Å². The van der Waals surface area contributed by atoms with Crippen molar-refractivity contribution < 1.29 is 32.0 Å². The second-order valence-electron chi connectivity index (χ2n) is 5.18. The molecule has 1 N–H and O–H groups in total. The molecule has 0 radical (unpaired) electrons. The van der Waals surface area contributed by atoms with Gasteiger partial charge >= 0.3 is 11.9 Å². The van der Waals surface area contributed by atoms with Gasteiger partial charge in [-0.15, -0.1) is 13.2 Å². The predicted octanol–water partition coefficient (Wildman–Crippen LogP) is 2.53. The van der Waals surface area contributed by atoms with E-state index in [0.29, 0.717) is 11.7 Å². The second kappa shape index (κ2) is 5.76. The molecule has 0 atom stereocenters. The molecule has 2 aromatic heterocycles. The largest absolute Gasteiger partial charge is 0.573 e. The third-order valence-electron chi connectivity index (χ3n) is 3.60. The molecule has 25 heavy (non-hydrogen) atoms. The molecule has 3 rings (SSSR count). The summed E-state index contributed by atoms with van der Waals surface area (Å²) in [6.07, 6.45) is -3.57. The van der Waals surface area contributed by atoms with E-state index in [1.807, 2.05) is 0 Å². The number of alkyl halides is 3. The van der Waals surface area contributed by atoms with Crippen LogP contribution in [0.5, 0.6) is 11.6 Å². The van der Waals surface area contributed by atoms with E-state index in [1.165, 1.54) is 17.8 Å². The summed E-state index contributed by atoms with van der Waals surface area (Å²) in [5.74, 6) is -2.26. The molecular formula is C16H11F4N2O3+. The Morgan fingerprint density at radius 1 is 1.20 bits per heavy atom. The maximum atomic E-state index is 14.2. The van der Waals surface area contributed by atoms with Gasteiger partial charge in [0.05, 0.1) is 13.2 Å². The first-order valence-electron chi connectivity index (χ1n) is 6.97. The van der Waals surface area contributed by atoms with Gasteiger partial charge < -0.3 is 9.84 Å². The zero-order valence-corrected chi connectivity index (χ0v) is 12.7. The van der Waals surface area contributed by atoms with Crippen LogP contribution in [-0.2, 0) is 7.05 Å². The molecule has 0 saturated heterocycles. The summed E-state index contributed by atoms with van der Waals surface area (Å²) in [7, 11) is 1.43. The Balaban J connectivity index is 2.30. The van der Waals surface area contributed by atoms with Crippen molar-refractivity contribution in [1.29, 1.82) is 0 Å². The van der Waals surface area contributed by atoms with Gasteiger partial charge in [0.25, 0.3) is 11.5 Å². The van der Waals surface area contributed by atoms with Gasteiger partial charge in [-0.05, 0) is 24.3 Å². The predicted molar refractivity (Wildman–Crippen MR) is 78.6 cm³/mol. The Labute approximate surface area is 138 Å². The van der Waals surface area contributed by atoms with E-state index in [1.54, 1.807) is 18.2 Å². The highest BCUT2D eigenvalue weighted by molar-refractivity contribution is 5.69. The highest BCUT2D eigenvalue weighted by Gasteiger charge is 2.32. The fourth-order valence-electron chi connectivity index (χ4n) is 2.50. The summed E-state index contributed by atoms with van der Waals surface area (Å²) < 4.78 is 57.4. The monoisotopic (exact) mass is 355 g/mol. The van der Waals surface area contributed by atoms with Crippen molar-refractivity contribution in [3.63, 3.8) is 0 Å². The van der Waals surface area contributed by atoms with E-state index in [-0.39, 0.29) is 0 Å². The van der Waals surface area contributed by atoms with Gasteiger partial charge in [-0.2, -0.15) is 8.97 Å². The minimum atomic E-state index is -4.97. The molecule has 0 aliphatic carbocycles. The van der Waals surface area contributed by atoms with Gasteiger partial charge in [-0.3, -0.25) is 0 Å². The van der Waals surface area contributed by atoms with Crippen molar-refractivity contribution in [2.24, 2.45) is 7.05 Å². The summed E-state index contributed by atoms with van der Waals surface area (Å²) in [4.78, 5) is 12.6. The lowest BCUT2D eigenvalue weighted by Crippen LogP contribution is -2.37. The first-order valence-corrected chi connectivity index (χ1v) is 6.97. The number of aryl methyl sites for hydroxylation is 1. The molecule has 1 aromatic carbocycles. The topological polar surface area (TPSA) is 54.8 Å². The molecule has 0 aliphatic rings. The SMILES string of the molecule is C[n+]1c(O)c(-c2cc(OC(F)(F)F)ccc2F)c(=O)n2ccccc21. The summed E-state index contributed by atoms with van der Waals surface area (Å²) in [6.45, 7) is 0. The smallest absolute Gasteiger partial charge is 0.477 e. The van der Waals surface area contributed by atoms with Crippen LogP contribution < -0.4 is 14.9 Å². The molecule has 2 heterocycles. The quantitative estimate of drug-likeness (QED) is 0.568. The van der Waals surface area contributed by atoms with Crippen LogP contribution in [0.4, 0.5) is 17.6 Å². The number of nitrogens with zero attached hydrogens (tertiary/aromatic N) is 2. The summed E-state index contributed by atoms with van der Waals surface area (Å²) in [5, 5.41) is 10.3. The number of halogens is 4. The van der Waals surface area contributed by atoms with Crippen LogP contribution in [0.25, 0.3) is 16.8 Å². The first-order chi connectivity index (χ1) is 11.7. The normalized spacial score (nSPS) is 11.7. The number of pyridine rings is 1. The summed E-state index contributed by atoms with van der Waals surface area (Å²) >= 11 is 0. The number of ether oxygens (including phenoxy) is 1. The molecule has 0 fully saturated rings. The Morgan fingerprint density at radius 3 is 2.60 bits per heavy atom. The fourth-order valence-corrected chi connectivity index (χ4v) is 2.50. The lowest BCUT2D eigenvalue weighted by Gasteiger charge is -2.11. The zero-order valence-electron chi connectivity index (χ0n) is 12.7. The van der Waals surface area contributed by atoms with Crippen molar-refractivity contribution in [2.45, 2.75) is 6.36 Å². The van der Waals surface area contributed by atoms with Crippen molar-refractivity contribution in [2.75, 3.05) is 0 Å². The van der Waals surface area contributed by atoms with E-state index < -0.39 is 40.5 Å². The first kappa shape index (κ1) is 16.7. The van der Waals surface area contributed by atoms with Crippen LogP contribution in [0.1, 0.15) is 0 Å². The lowest BCUT2D eigenvalue weighted by atomic mass is 10.1. The van der Waals surface area contributed by atoms with E-state index in [4.69, 9.17) is 0 Å². The van der Waals surface area contributed by atoms with Gasteiger partial charge in [0, 0.05) is 11.6 Å². The molecule has 0 aliphatic heterocycles. The molecule has 5 nitrogen and oxygen atoms in total. The minimum absolute atomic E-state index is 0.317. The Hall–Kier alpha value is -3.10. The van der Waals surface area contributed by atoms with Crippen molar-refractivity contribution in [3.05, 3.63) is 58.8 Å².